The Hall–Kier alpha value is -0.110. The first kappa shape index (κ1) is 7.99. The summed E-state index contributed by atoms with van der Waals surface area (Å²) in [5.41, 5.74) is 0. The second-order valence-corrected chi connectivity index (χ2v) is 3.45. The zero-order valence-electron chi connectivity index (χ0n) is 6.81. The minimum atomic E-state index is -0.190. The van der Waals surface area contributed by atoms with Gasteiger partial charge >= 0.3 is 0 Å². The largest absolute Gasteiger partial charge is 0.300 e. The minimum absolute atomic E-state index is 0.190. The molecular formula is C8H16FN. The number of alkyl halides is 1. The fourth-order valence-corrected chi connectivity index (χ4v) is 1.33. The SMILES string of the molecule is CC(C)C1CN(CCF)C1. The van der Waals surface area contributed by atoms with Gasteiger partial charge in [-0.15, -0.1) is 0 Å². The first-order valence-electron chi connectivity index (χ1n) is 4.02. The number of hydrogen-bond acceptors (Lipinski definition) is 1. The lowest BCUT2D eigenvalue weighted by atomic mass is 9.89. The van der Waals surface area contributed by atoms with E-state index in [0.29, 0.717) is 6.54 Å². The fraction of sp³-hybridized carbons (Fsp3) is 1.00. The second kappa shape index (κ2) is 3.33. The minimum Gasteiger partial charge on any atom is -0.300 e. The molecule has 1 fully saturated rings. The summed E-state index contributed by atoms with van der Waals surface area (Å²) in [6.45, 7) is 7.14. The molecule has 1 heterocycles. The maximum Gasteiger partial charge on any atom is 0.102 e. The van der Waals surface area contributed by atoms with Crippen molar-refractivity contribution in [1.29, 1.82) is 0 Å². The molecule has 0 atom stereocenters. The molecule has 1 rings (SSSR count). The number of rotatable bonds is 3. The van der Waals surface area contributed by atoms with E-state index in [-0.39, 0.29) is 6.67 Å². The van der Waals surface area contributed by atoms with Crippen molar-refractivity contribution in [2.24, 2.45) is 11.8 Å². The summed E-state index contributed by atoms with van der Waals surface area (Å²) in [5.74, 6) is 1.60. The van der Waals surface area contributed by atoms with Crippen LogP contribution in [0.4, 0.5) is 4.39 Å². The van der Waals surface area contributed by atoms with Gasteiger partial charge in [-0.1, -0.05) is 13.8 Å². The molecule has 1 aliphatic rings. The molecule has 1 aliphatic heterocycles. The van der Waals surface area contributed by atoms with E-state index in [9.17, 15) is 4.39 Å². The maximum atomic E-state index is 11.8. The van der Waals surface area contributed by atoms with Crippen LogP contribution in [0.2, 0.25) is 0 Å². The van der Waals surface area contributed by atoms with Gasteiger partial charge in [-0.05, 0) is 11.8 Å². The van der Waals surface area contributed by atoms with Crippen LogP contribution in [0.3, 0.4) is 0 Å². The third-order valence-corrected chi connectivity index (χ3v) is 2.33. The molecular weight excluding hydrogens is 129 g/mol. The molecule has 0 spiro atoms. The Bertz CT molecular complexity index is 97.4. The Balaban J connectivity index is 2.06. The lowest BCUT2D eigenvalue weighted by Gasteiger charge is -2.41. The topological polar surface area (TPSA) is 3.24 Å². The third-order valence-electron chi connectivity index (χ3n) is 2.33. The molecule has 0 radical (unpaired) electrons. The van der Waals surface area contributed by atoms with E-state index in [1.807, 2.05) is 0 Å². The molecule has 0 aliphatic carbocycles. The highest BCUT2D eigenvalue weighted by atomic mass is 19.1. The van der Waals surface area contributed by atoms with Crippen molar-refractivity contribution in [3.8, 4) is 0 Å². The van der Waals surface area contributed by atoms with Crippen LogP contribution in [0.1, 0.15) is 13.8 Å². The highest BCUT2D eigenvalue weighted by Crippen LogP contribution is 2.22. The van der Waals surface area contributed by atoms with Crippen LogP contribution >= 0.6 is 0 Å². The standard InChI is InChI=1S/C8H16FN/c1-7(2)8-5-10(6-8)4-3-9/h7-8H,3-6H2,1-2H3. The Morgan fingerprint density at radius 1 is 1.50 bits per heavy atom. The van der Waals surface area contributed by atoms with Crippen LogP contribution in [0.15, 0.2) is 0 Å². The van der Waals surface area contributed by atoms with Crippen molar-refractivity contribution in [2.45, 2.75) is 13.8 Å². The molecule has 0 aromatic rings. The van der Waals surface area contributed by atoms with Crippen LogP contribution in [0, 0.1) is 11.8 Å². The fourth-order valence-electron chi connectivity index (χ4n) is 1.33. The van der Waals surface area contributed by atoms with Gasteiger partial charge in [0.25, 0.3) is 0 Å². The van der Waals surface area contributed by atoms with E-state index in [1.54, 1.807) is 0 Å². The van der Waals surface area contributed by atoms with Crippen molar-refractivity contribution in [3.63, 3.8) is 0 Å². The molecule has 2 heteroatoms. The number of hydrogen-bond donors (Lipinski definition) is 0. The van der Waals surface area contributed by atoms with Gasteiger partial charge in [0, 0.05) is 19.6 Å². The number of nitrogens with zero attached hydrogens (tertiary/aromatic N) is 1. The molecule has 1 nitrogen and oxygen atoms in total. The van der Waals surface area contributed by atoms with Gasteiger partial charge in [0.15, 0.2) is 0 Å². The maximum absolute atomic E-state index is 11.8. The van der Waals surface area contributed by atoms with Gasteiger partial charge in [-0.25, -0.2) is 4.39 Å². The van der Waals surface area contributed by atoms with Gasteiger partial charge in [0.2, 0.25) is 0 Å². The predicted octanol–water partition coefficient (Wildman–Crippen LogP) is 1.54. The summed E-state index contributed by atoms with van der Waals surface area (Å²) in [6, 6.07) is 0. The molecule has 0 unspecified atom stereocenters. The van der Waals surface area contributed by atoms with Gasteiger partial charge in [0.05, 0.1) is 0 Å². The van der Waals surface area contributed by atoms with E-state index in [0.717, 1.165) is 24.9 Å². The van der Waals surface area contributed by atoms with Gasteiger partial charge in [-0.3, -0.25) is 0 Å². The zero-order valence-corrected chi connectivity index (χ0v) is 6.81. The molecule has 0 aromatic carbocycles. The molecule has 10 heavy (non-hydrogen) atoms. The van der Waals surface area contributed by atoms with E-state index in [4.69, 9.17) is 0 Å². The quantitative estimate of drug-likeness (QED) is 0.582. The van der Waals surface area contributed by atoms with Gasteiger partial charge < -0.3 is 4.90 Å². The van der Waals surface area contributed by atoms with E-state index >= 15 is 0 Å². The summed E-state index contributed by atoms with van der Waals surface area (Å²) in [7, 11) is 0. The van der Waals surface area contributed by atoms with Crippen molar-refractivity contribution in [3.05, 3.63) is 0 Å². The number of halogens is 1. The summed E-state index contributed by atoms with van der Waals surface area (Å²) in [4.78, 5) is 2.17. The lowest BCUT2D eigenvalue weighted by molar-refractivity contribution is 0.0630. The predicted molar refractivity (Wildman–Crippen MR) is 40.7 cm³/mol. The van der Waals surface area contributed by atoms with Crippen LogP contribution in [0.25, 0.3) is 0 Å². The average Bonchev–Trinajstić information content (AvgIpc) is 1.76. The van der Waals surface area contributed by atoms with Crippen LogP contribution < -0.4 is 0 Å². The van der Waals surface area contributed by atoms with Crippen molar-refractivity contribution in [1.82, 2.24) is 4.90 Å². The lowest BCUT2D eigenvalue weighted by Crippen LogP contribution is -2.49. The van der Waals surface area contributed by atoms with Crippen molar-refractivity contribution >= 4 is 0 Å². The highest BCUT2D eigenvalue weighted by molar-refractivity contribution is 4.81. The Morgan fingerprint density at radius 3 is 2.50 bits per heavy atom. The summed E-state index contributed by atoms with van der Waals surface area (Å²) in [5, 5.41) is 0. The summed E-state index contributed by atoms with van der Waals surface area (Å²) in [6.07, 6.45) is 0. The van der Waals surface area contributed by atoms with Crippen LogP contribution in [0.5, 0.6) is 0 Å². The smallest absolute Gasteiger partial charge is 0.102 e. The van der Waals surface area contributed by atoms with Gasteiger partial charge in [-0.2, -0.15) is 0 Å². The molecule has 60 valence electrons. The van der Waals surface area contributed by atoms with E-state index < -0.39 is 0 Å². The first-order valence-corrected chi connectivity index (χ1v) is 4.02. The Labute approximate surface area is 62.2 Å². The summed E-state index contributed by atoms with van der Waals surface area (Å²) >= 11 is 0. The molecule has 0 bridgehead atoms. The molecule has 0 saturated carbocycles. The van der Waals surface area contributed by atoms with Crippen LogP contribution in [-0.4, -0.2) is 31.2 Å². The Morgan fingerprint density at radius 2 is 2.10 bits per heavy atom. The van der Waals surface area contributed by atoms with Gasteiger partial charge in [0.1, 0.15) is 6.67 Å². The molecule has 1 saturated heterocycles. The van der Waals surface area contributed by atoms with Crippen molar-refractivity contribution < 1.29 is 4.39 Å². The monoisotopic (exact) mass is 145 g/mol. The second-order valence-electron chi connectivity index (χ2n) is 3.45. The number of likely N-dealkylation sites (tertiary alicyclic amines) is 1. The average molecular weight is 145 g/mol. The molecule has 0 amide bonds. The van der Waals surface area contributed by atoms with Crippen LogP contribution in [-0.2, 0) is 0 Å². The highest BCUT2D eigenvalue weighted by Gasteiger charge is 2.27. The van der Waals surface area contributed by atoms with E-state index in [2.05, 4.69) is 18.7 Å². The van der Waals surface area contributed by atoms with Crippen molar-refractivity contribution in [2.75, 3.05) is 26.3 Å². The normalized spacial score (nSPS) is 21.6. The zero-order chi connectivity index (χ0) is 7.56. The van der Waals surface area contributed by atoms with E-state index in [1.165, 1.54) is 0 Å². The Kier molecular flexibility index (Phi) is 2.66. The first-order chi connectivity index (χ1) is 4.74. The third kappa shape index (κ3) is 1.69. The molecule has 0 aromatic heterocycles. The molecule has 0 N–H and O–H groups in total. The summed E-state index contributed by atoms with van der Waals surface area (Å²) < 4.78 is 11.8.